The van der Waals surface area contributed by atoms with Gasteiger partial charge in [0, 0.05) is 37.3 Å². The number of amides is 1. The molecule has 3 aromatic rings. The average molecular weight is 521 g/mol. The molecular weight excluding hydrogens is 493 g/mol. The molecule has 0 spiro atoms. The van der Waals surface area contributed by atoms with E-state index in [1.54, 1.807) is 44.4 Å². The fraction of sp³-hybridized carbons (Fsp3) is 0.500. The van der Waals surface area contributed by atoms with Gasteiger partial charge in [0.1, 0.15) is 11.4 Å². The second-order valence-corrected chi connectivity index (χ2v) is 10.8. The van der Waals surface area contributed by atoms with Crippen molar-refractivity contribution in [3.05, 3.63) is 57.5 Å². The van der Waals surface area contributed by atoms with Gasteiger partial charge < -0.3 is 18.9 Å². The number of alkyl halides is 3. The van der Waals surface area contributed by atoms with Crippen LogP contribution < -0.4 is 10.5 Å². The lowest BCUT2D eigenvalue weighted by Gasteiger charge is -2.41. The number of fused-ring (bicyclic) bond motifs is 1. The van der Waals surface area contributed by atoms with Crippen molar-refractivity contribution in [3.63, 3.8) is 0 Å². The Labute approximate surface area is 210 Å². The Morgan fingerprint density at radius 1 is 1.25 bits per heavy atom. The van der Waals surface area contributed by atoms with E-state index in [2.05, 4.69) is 9.97 Å². The maximum atomic E-state index is 13.6. The van der Waals surface area contributed by atoms with E-state index in [0.717, 1.165) is 5.69 Å². The minimum Gasteiger partial charge on any atom is -0.347 e. The summed E-state index contributed by atoms with van der Waals surface area (Å²) in [5, 5.41) is 2.33. The number of imidazole rings is 1. The summed E-state index contributed by atoms with van der Waals surface area (Å²) in [6.45, 7) is 5.91. The largest absolute Gasteiger partial charge is 0.395 e. The number of hydrogen-bond acceptors (Lipinski definition) is 6. The first kappa shape index (κ1) is 24.5. The molecule has 2 aliphatic rings. The summed E-state index contributed by atoms with van der Waals surface area (Å²) in [5.41, 5.74) is 0.0901. The lowest BCUT2D eigenvalue weighted by molar-refractivity contribution is -0.219. The molecule has 0 saturated carbocycles. The number of carbonyl (C=O) groups is 1. The highest BCUT2D eigenvalue weighted by atomic mass is 32.1. The summed E-state index contributed by atoms with van der Waals surface area (Å²) in [4.78, 5) is 38.6. The molecule has 1 amide bonds. The van der Waals surface area contributed by atoms with E-state index in [0.29, 0.717) is 41.7 Å². The van der Waals surface area contributed by atoms with Gasteiger partial charge in [-0.1, -0.05) is 0 Å². The number of carbonyl (C=O) groups excluding carboxylic acids is 1. The van der Waals surface area contributed by atoms with Crippen LogP contribution in [0.2, 0.25) is 0 Å². The fourth-order valence-electron chi connectivity index (χ4n) is 4.94. The molecule has 0 radical (unpaired) electrons. The van der Waals surface area contributed by atoms with Crippen LogP contribution in [0.5, 0.6) is 0 Å². The second-order valence-electron chi connectivity index (χ2n) is 9.93. The molecule has 5 heterocycles. The first-order valence-electron chi connectivity index (χ1n) is 11.8. The van der Waals surface area contributed by atoms with E-state index < -0.39 is 11.6 Å². The van der Waals surface area contributed by atoms with Crippen molar-refractivity contribution in [3.8, 4) is 5.69 Å². The molecule has 2 atom stereocenters. The number of piperidine rings is 1. The molecule has 5 rings (SSSR count). The van der Waals surface area contributed by atoms with E-state index in [4.69, 9.17) is 0 Å². The second kappa shape index (κ2) is 8.75. The van der Waals surface area contributed by atoms with E-state index in [9.17, 15) is 22.8 Å². The summed E-state index contributed by atoms with van der Waals surface area (Å²) < 4.78 is 43.9. The van der Waals surface area contributed by atoms with Gasteiger partial charge in [-0.05, 0) is 45.7 Å². The Bertz CT molecular complexity index is 1360. The van der Waals surface area contributed by atoms with Crippen LogP contribution in [0.3, 0.4) is 0 Å². The lowest BCUT2D eigenvalue weighted by Crippen LogP contribution is -2.50. The first-order chi connectivity index (χ1) is 17.0. The number of thiazole rings is 1. The molecule has 0 aromatic carbocycles. The highest BCUT2D eigenvalue weighted by molar-refractivity contribution is 7.13. The Balaban J connectivity index is 1.35. The normalized spacial score (nSPS) is 22.7. The van der Waals surface area contributed by atoms with Crippen LogP contribution in [-0.2, 0) is 13.1 Å². The fourth-order valence-corrected chi connectivity index (χ4v) is 5.79. The molecule has 36 heavy (non-hydrogen) atoms. The minimum atomic E-state index is -4.27. The lowest BCUT2D eigenvalue weighted by atomic mass is 9.81. The van der Waals surface area contributed by atoms with Crippen LogP contribution in [0.25, 0.3) is 5.69 Å². The van der Waals surface area contributed by atoms with Gasteiger partial charge in [0.15, 0.2) is 5.13 Å². The number of aryl methyl sites for hydroxylation is 1. The molecule has 0 N–H and O–H groups in total. The molecule has 1 fully saturated rings. The number of aromatic nitrogens is 4. The zero-order valence-electron chi connectivity index (χ0n) is 20.2. The third kappa shape index (κ3) is 4.21. The molecule has 0 aliphatic carbocycles. The number of anilines is 1. The molecule has 2 aliphatic heterocycles. The van der Waals surface area contributed by atoms with Gasteiger partial charge in [-0.2, -0.15) is 13.2 Å². The van der Waals surface area contributed by atoms with Crippen molar-refractivity contribution < 1.29 is 18.0 Å². The van der Waals surface area contributed by atoms with Crippen LogP contribution >= 0.6 is 11.3 Å². The predicted molar refractivity (Wildman–Crippen MR) is 130 cm³/mol. The number of pyridine rings is 1. The summed E-state index contributed by atoms with van der Waals surface area (Å²) in [6, 6.07) is 3.00. The Morgan fingerprint density at radius 2 is 2.03 bits per heavy atom. The number of hydrogen-bond donors (Lipinski definition) is 0. The van der Waals surface area contributed by atoms with Gasteiger partial charge in [-0.15, -0.1) is 11.3 Å². The summed E-state index contributed by atoms with van der Waals surface area (Å²) in [5.74, 6) is -0.281. The smallest absolute Gasteiger partial charge is 0.347 e. The Kier molecular flexibility index (Phi) is 5.97. The monoisotopic (exact) mass is 520 g/mol. The molecule has 8 nitrogen and oxygen atoms in total. The van der Waals surface area contributed by atoms with Crippen molar-refractivity contribution >= 4 is 22.4 Å². The van der Waals surface area contributed by atoms with Gasteiger partial charge in [-0.3, -0.25) is 9.59 Å². The van der Waals surface area contributed by atoms with E-state index in [1.165, 1.54) is 22.8 Å². The van der Waals surface area contributed by atoms with E-state index >= 15 is 0 Å². The van der Waals surface area contributed by atoms with E-state index in [1.807, 2.05) is 13.8 Å². The molecule has 1 unspecified atom stereocenters. The SMILES string of the molecule is Cc1cn(-c2ccc3n(c2=O)CC(C)N(Cc2csc(N4CCC[C@](C)(C(F)(F)F)C4)n2)C3=O)cn1. The van der Waals surface area contributed by atoms with Gasteiger partial charge in [0.05, 0.1) is 29.7 Å². The topological polar surface area (TPSA) is 76.3 Å². The van der Waals surface area contributed by atoms with Crippen molar-refractivity contribution in [1.29, 1.82) is 0 Å². The van der Waals surface area contributed by atoms with Crippen molar-refractivity contribution in [1.82, 2.24) is 24.0 Å². The van der Waals surface area contributed by atoms with Gasteiger partial charge in [0.2, 0.25) is 0 Å². The van der Waals surface area contributed by atoms with Crippen molar-refractivity contribution in [2.24, 2.45) is 5.41 Å². The van der Waals surface area contributed by atoms with Crippen LogP contribution in [0.1, 0.15) is 48.6 Å². The minimum absolute atomic E-state index is 0.103. The molecule has 192 valence electrons. The van der Waals surface area contributed by atoms with Gasteiger partial charge >= 0.3 is 6.18 Å². The molecule has 3 aromatic heterocycles. The molecule has 1 saturated heterocycles. The maximum absolute atomic E-state index is 13.6. The zero-order chi connectivity index (χ0) is 25.8. The van der Waals surface area contributed by atoms with Gasteiger partial charge in [0.25, 0.3) is 11.5 Å². The highest BCUT2D eigenvalue weighted by Crippen LogP contribution is 2.45. The standard InChI is InChI=1S/C24H27F3N6O2S/c1-15-9-31(14-28-15)18-5-6-19-21(35)32(16(2)10-33(19)20(18)34)11-17-12-36-22(29-17)30-8-4-7-23(3,13-30)24(25,26)27/h5-6,9,12,14,16H,4,7-8,10-11,13H2,1-3H3/t16?,23-/m0/s1. The quantitative estimate of drug-likeness (QED) is 0.520. The van der Waals surface area contributed by atoms with Crippen LogP contribution in [0.15, 0.2) is 34.8 Å². The van der Waals surface area contributed by atoms with Crippen LogP contribution in [0.4, 0.5) is 18.3 Å². The summed E-state index contributed by atoms with van der Waals surface area (Å²) >= 11 is 1.29. The predicted octanol–water partition coefficient (Wildman–Crippen LogP) is 4.01. The maximum Gasteiger partial charge on any atom is 0.395 e. The van der Waals surface area contributed by atoms with Crippen molar-refractivity contribution in [2.75, 3.05) is 18.0 Å². The third-order valence-corrected chi connectivity index (χ3v) is 8.08. The highest BCUT2D eigenvalue weighted by Gasteiger charge is 2.53. The van der Waals surface area contributed by atoms with Gasteiger partial charge in [-0.25, -0.2) is 9.97 Å². The number of nitrogens with zero attached hydrogens (tertiary/aromatic N) is 6. The Morgan fingerprint density at radius 3 is 2.72 bits per heavy atom. The van der Waals surface area contributed by atoms with E-state index in [-0.39, 0.29) is 37.0 Å². The number of halogens is 3. The zero-order valence-corrected chi connectivity index (χ0v) is 21.1. The Hall–Kier alpha value is -3.15. The first-order valence-corrected chi connectivity index (χ1v) is 12.7. The molecule has 0 bridgehead atoms. The average Bonchev–Trinajstić information content (AvgIpc) is 3.46. The summed E-state index contributed by atoms with van der Waals surface area (Å²) in [6.07, 6.45) is -0.406. The molecule has 12 heteroatoms. The number of rotatable bonds is 4. The van der Waals surface area contributed by atoms with Crippen LogP contribution in [0, 0.1) is 12.3 Å². The molecular formula is C24H27F3N6O2S. The third-order valence-electron chi connectivity index (χ3n) is 7.13. The van der Waals surface area contributed by atoms with Crippen molar-refractivity contribution in [2.45, 2.75) is 58.9 Å². The van der Waals surface area contributed by atoms with Crippen LogP contribution in [-0.4, -0.2) is 55.2 Å². The summed E-state index contributed by atoms with van der Waals surface area (Å²) in [7, 11) is 0.